The largest absolute Gasteiger partial charge is 0.0777 e. The zero-order valence-corrected chi connectivity index (χ0v) is 11.4. The summed E-state index contributed by atoms with van der Waals surface area (Å²) >= 11 is 2.51. The van der Waals surface area contributed by atoms with E-state index in [1.165, 1.54) is 33.9 Å². The number of hydrogen-bond acceptors (Lipinski definition) is 0. The molecule has 1 unspecified atom stereocenters. The molecule has 1 aliphatic rings. The van der Waals surface area contributed by atoms with Crippen molar-refractivity contribution in [1.82, 2.24) is 0 Å². The van der Waals surface area contributed by atoms with Gasteiger partial charge in [0.15, 0.2) is 0 Å². The molecule has 0 radical (unpaired) electrons. The molecule has 0 fully saturated rings. The standard InChI is InChI=1S/C15H13I/c1-10-14-5-3-2-4-11(14)8-12-6-7-13(16)9-15(10)12/h2-8,13H,9H2,1H3. The molecule has 0 bridgehead atoms. The summed E-state index contributed by atoms with van der Waals surface area (Å²) in [7, 11) is 0. The lowest BCUT2D eigenvalue weighted by molar-refractivity contribution is 1.02. The molecular formula is C15H13I. The minimum Gasteiger partial charge on any atom is -0.0777 e. The van der Waals surface area contributed by atoms with Crippen molar-refractivity contribution in [1.29, 1.82) is 0 Å². The van der Waals surface area contributed by atoms with E-state index in [0.717, 1.165) is 0 Å². The summed E-state index contributed by atoms with van der Waals surface area (Å²) in [6.07, 6.45) is 5.75. The summed E-state index contributed by atoms with van der Waals surface area (Å²) in [5.74, 6) is 0. The van der Waals surface area contributed by atoms with E-state index in [0.29, 0.717) is 3.92 Å². The van der Waals surface area contributed by atoms with Gasteiger partial charge in [-0.2, -0.15) is 0 Å². The molecule has 0 saturated heterocycles. The van der Waals surface area contributed by atoms with Crippen molar-refractivity contribution < 1.29 is 0 Å². The molecule has 16 heavy (non-hydrogen) atoms. The monoisotopic (exact) mass is 320 g/mol. The van der Waals surface area contributed by atoms with Gasteiger partial charge in [0, 0.05) is 3.92 Å². The van der Waals surface area contributed by atoms with Crippen LogP contribution in [0.2, 0.25) is 0 Å². The second kappa shape index (κ2) is 3.88. The molecular weight excluding hydrogens is 307 g/mol. The molecule has 1 aliphatic carbocycles. The Bertz CT molecular complexity index is 581. The fourth-order valence-electron chi connectivity index (χ4n) is 2.49. The number of hydrogen-bond donors (Lipinski definition) is 0. The van der Waals surface area contributed by atoms with Crippen molar-refractivity contribution in [2.75, 3.05) is 0 Å². The maximum atomic E-state index is 2.51. The Morgan fingerprint density at radius 3 is 2.94 bits per heavy atom. The number of benzene rings is 2. The molecule has 0 amide bonds. The average molecular weight is 320 g/mol. The van der Waals surface area contributed by atoms with Crippen molar-refractivity contribution in [3.05, 3.63) is 53.1 Å². The Kier molecular flexibility index (Phi) is 2.51. The van der Waals surface area contributed by atoms with Crippen LogP contribution in [0.25, 0.3) is 16.8 Å². The zero-order chi connectivity index (χ0) is 11.1. The summed E-state index contributed by atoms with van der Waals surface area (Å²) in [5.41, 5.74) is 4.39. The van der Waals surface area contributed by atoms with Gasteiger partial charge in [0.25, 0.3) is 0 Å². The fraction of sp³-hybridized carbons (Fsp3) is 0.200. The molecule has 0 heterocycles. The van der Waals surface area contributed by atoms with Crippen molar-refractivity contribution in [2.45, 2.75) is 17.3 Å². The van der Waals surface area contributed by atoms with Gasteiger partial charge in [-0.15, -0.1) is 0 Å². The van der Waals surface area contributed by atoms with E-state index in [1.807, 2.05) is 0 Å². The molecule has 3 rings (SSSR count). The molecule has 0 saturated carbocycles. The molecule has 0 N–H and O–H groups in total. The number of rotatable bonds is 0. The third kappa shape index (κ3) is 1.58. The lowest BCUT2D eigenvalue weighted by atomic mass is 9.89. The third-order valence-corrected chi connectivity index (χ3v) is 4.22. The first-order valence-electron chi connectivity index (χ1n) is 5.59. The Morgan fingerprint density at radius 1 is 1.25 bits per heavy atom. The summed E-state index contributed by atoms with van der Waals surface area (Å²) < 4.78 is 0.643. The van der Waals surface area contributed by atoms with Crippen molar-refractivity contribution in [3.63, 3.8) is 0 Å². The van der Waals surface area contributed by atoms with E-state index in [2.05, 4.69) is 72.0 Å². The number of alkyl halides is 1. The third-order valence-electron chi connectivity index (χ3n) is 3.36. The highest BCUT2D eigenvalue weighted by Crippen LogP contribution is 2.31. The van der Waals surface area contributed by atoms with E-state index < -0.39 is 0 Å². The van der Waals surface area contributed by atoms with Crippen molar-refractivity contribution >= 4 is 39.4 Å². The molecule has 0 nitrogen and oxygen atoms in total. The van der Waals surface area contributed by atoms with Crippen molar-refractivity contribution in [3.8, 4) is 0 Å². The lowest BCUT2D eigenvalue weighted by Gasteiger charge is -2.19. The Balaban J connectivity index is 2.35. The smallest absolute Gasteiger partial charge is 0.0333 e. The Morgan fingerprint density at radius 2 is 2.06 bits per heavy atom. The van der Waals surface area contributed by atoms with Gasteiger partial charge < -0.3 is 0 Å². The van der Waals surface area contributed by atoms with Crippen LogP contribution in [0.1, 0.15) is 16.7 Å². The molecule has 0 aromatic heterocycles. The number of aryl methyl sites for hydroxylation is 1. The molecule has 0 aliphatic heterocycles. The van der Waals surface area contributed by atoms with Crippen LogP contribution in [0.15, 0.2) is 36.4 Å². The Hall–Kier alpha value is -0.830. The van der Waals surface area contributed by atoms with Crippen LogP contribution in [-0.2, 0) is 6.42 Å². The van der Waals surface area contributed by atoms with Crippen LogP contribution in [0, 0.1) is 6.92 Å². The van der Waals surface area contributed by atoms with Gasteiger partial charge in [-0.25, -0.2) is 0 Å². The first-order valence-corrected chi connectivity index (χ1v) is 6.84. The van der Waals surface area contributed by atoms with E-state index in [1.54, 1.807) is 0 Å². The van der Waals surface area contributed by atoms with Gasteiger partial charge in [-0.3, -0.25) is 0 Å². The van der Waals surface area contributed by atoms with E-state index >= 15 is 0 Å². The maximum Gasteiger partial charge on any atom is 0.0333 e. The second-order valence-electron chi connectivity index (χ2n) is 4.37. The van der Waals surface area contributed by atoms with E-state index in [4.69, 9.17) is 0 Å². The average Bonchev–Trinajstić information content (AvgIpc) is 2.31. The van der Waals surface area contributed by atoms with Crippen LogP contribution >= 0.6 is 22.6 Å². The summed E-state index contributed by atoms with van der Waals surface area (Å²) in [5, 5.41) is 2.76. The first-order chi connectivity index (χ1) is 7.75. The number of allylic oxidation sites excluding steroid dienone is 1. The van der Waals surface area contributed by atoms with Gasteiger partial charge >= 0.3 is 0 Å². The summed E-state index contributed by atoms with van der Waals surface area (Å²) in [6.45, 7) is 2.25. The predicted octanol–water partition coefficient (Wildman–Crippen LogP) is 4.52. The fourth-order valence-corrected chi connectivity index (χ4v) is 3.14. The first kappa shape index (κ1) is 10.3. The van der Waals surface area contributed by atoms with Crippen LogP contribution in [0.4, 0.5) is 0 Å². The molecule has 2 aromatic rings. The Labute approximate surface area is 110 Å². The maximum absolute atomic E-state index is 2.51. The molecule has 1 heteroatoms. The SMILES string of the molecule is Cc1c2c(cc3ccccc13)C=CC(I)C2. The van der Waals surface area contributed by atoms with Crippen molar-refractivity contribution in [2.24, 2.45) is 0 Å². The minimum atomic E-state index is 0.643. The zero-order valence-electron chi connectivity index (χ0n) is 9.20. The summed E-state index contributed by atoms with van der Waals surface area (Å²) in [4.78, 5) is 0. The molecule has 1 atom stereocenters. The predicted molar refractivity (Wildman–Crippen MR) is 79.2 cm³/mol. The number of halogens is 1. The number of fused-ring (bicyclic) bond motifs is 2. The van der Waals surface area contributed by atoms with E-state index in [-0.39, 0.29) is 0 Å². The normalized spacial score (nSPS) is 18.8. The van der Waals surface area contributed by atoms with Crippen LogP contribution < -0.4 is 0 Å². The summed E-state index contributed by atoms with van der Waals surface area (Å²) in [6, 6.07) is 11.0. The van der Waals surface area contributed by atoms with Gasteiger partial charge in [0.05, 0.1) is 0 Å². The second-order valence-corrected chi connectivity index (χ2v) is 5.97. The lowest BCUT2D eigenvalue weighted by Crippen LogP contribution is -2.07. The highest BCUT2D eigenvalue weighted by Gasteiger charge is 2.14. The van der Waals surface area contributed by atoms with Crippen LogP contribution in [0.3, 0.4) is 0 Å². The molecule has 2 aromatic carbocycles. The van der Waals surface area contributed by atoms with Gasteiger partial charge in [0.2, 0.25) is 0 Å². The van der Waals surface area contributed by atoms with Crippen LogP contribution in [-0.4, -0.2) is 3.92 Å². The van der Waals surface area contributed by atoms with E-state index in [9.17, 15) is 0 Å². The topological polar surface area (TPSA) is 0 Å². The molecule has 0 spiro atoms. The highest BCUT2D eigenvalue weighted by molar-refractivity contribution is 14.1. The minimum absolute atomic E-state index is 0.643. The van der Waals surface area contributed by atoms with Crippen LogP contribution in [0.5, 0.6) is 0 Å². The van der Waals surface area contributed by atoms with Gasteiger partial charge in [-0.1, -0.05) is 59.0 Å². The highest BCUT2D eigenvalue weighted by atomic mass is 127. The van der Waals surface area contributed by atoms with Gasteiger partial charge in [0.1, 0.15) is 0 Å². The molecule has 80 valence electrons. The van der Waals surface area contributed by atoms with Gasteiger partial charge in [-0.05, 0) is 46.9 Å². The quantitative estimate of drug-likeness (QED) is 0.494.